The molecule has 3 atom stereocenters. The van der Waals surface area contributed by atoms with Crippen molar-refractivity contribution in [3.63, 3.8) is 0 Å². The molecule has 2 aliphatic heterocycles. The zero-order valence-corrected chi connectivity index (χ0v) is 45.7. The Bertz CT molecular complexity index is 3560. The quantitative estimate of drug-likeness (QED) is 0.161. The van der Waals surface area contributed by atoms with Gasteiger partial charge >= 0.3 is 7.82 Å². The SMILES string of the molecule is Cc1cc(C)c(-c2cc3cc(c2)-c2c(C)cc(C)cc2OP2(=O)Oc4c-3cc3c(c4C4=C5CCCCC5=C[C@@H](Cc5ccc(-c6c(C)cc(C)cc6C)cc5-c5c(C)cc(C)cc5C)C4O2)CCCC3)c(C)c1. The highest BCUT2D eigenvalue weighted by Crippen LogP contribution is 2.64. The molecule has 7 aromatic carbocycles. The lowest BCUT2D eigenvalue weighted by molar-refractivity contribution is 0.152. The van der Waals surface area contributed by atoms with E-state index in [-0.39, 0.29) is 5.92 Å². The minimum absolute atomic E-state index is 0.163. The van der Waals surface area contributed by atoms with Crippen molar-refractivity contribution in [3.8, 4) is 67.1 Å². The number of fused-ring (bicyclic) bond motifs is 11. The van der Waals surface area contributed by atoms with E-state index in [2.05, 4.69) is 167 Å². The van der Waals surface area contributed by atoms with Gasteiger partial charge in [-0.2, -0.15) is 0 Å². The number of hydrogen-bond donors (Lipinski definition) is 0. The molecule has 3 aliphatic carbocycles. The lowest BCUT2D eigenvalue weighted by Crippen LogP contribution is -2.31. The van der Waals surface area contributed by atoms with Crippen LogP contribution >= 0.6 is 7.82 Å². The zero-order chi connectivity index (χ0) is 50.8. The molecule has 5 aliphatic rings. The molecule has 1 saturated carbocycles. The maximum Gasteiger partial charge on any atom is 0.588 e. The molecular weight excluding hydrogens is 912 g/mol. The zero-order valence-electron chi connectivity index (χ0n) is 44.8. The van der Waals surface area contributed by atoms with Crippen molar-refractivity contribution < 1.29 is 18.1 Å². The molecule has 4 nitrogen and oxygen atoms in total. The fraction of sp³-hybridized carbons (Fsp3) is 0.324. The minimum Gasteiger partial charge on any atom is -0.394 e. The van der Waals surface area contributed by atoms with Crippen molar-refractivity contribution in [2.24, 2.45) is 5.92 Å². The van der Waals surface area contributed by atoms with E-state index < -0.39 is 13.9 Å². The number of aryl methyl sites for hydroxylation is 12. The molecule has 7 aromatic rings. The molecule has 12 rings (SSSR count). The van der Waals surface area contributed by atoms with Gasteiger partial charge in [0.1, 0.15) is 17.6 Å². The first kappa shape index (κ1) is 47.8. The normalized spacial score (nSPS) is 19.6. The van der Waals surface area contributed by atoms with Crippen LogP contribution in [0.15, 0.2) is 108 Å². The van der Waals surface area contributed by atoms with Crippen LogP contribution in [0.1, 0.15) is 122 Å². The van der Waals surface area contributed by atoms with E-state index >= 15 is 4.57 Å². The van der Waals surface area contributed by atoms with Crippen LogP contribution in [0, 0.1) is 82.1 Å². The summed E-state index contributed by atoms with van der Waals surface area (Å²) in [5, 5.41) is 0. The first-order valence-electron chi connectivity index (χ1n) is 27.0. The van der Waals surface area contributed by atoms with E-state index in [1.807, 2.05) is 6.07 Å². The molecule has 5 heteroatoms. The van der Waals surface area contributed by atoms with Crippen LogP contribution in [-0.2, 0) is 28.4 Å². The molecule has 0 spiro atoms. The second-order valence-corrected chi connectivity index (χ2v) is 24.2. The van der Waals surface area contributed by atoms with E-state index in [0.29, 0.717) is 17.9 Å². The number of hydrogen-bond acceptors (Lipinski definition) is 4. The van der Waals surface area contributed by atoms with Crippen LogP contribution in [0.3, 0.4) is 0 Å². The molecule has 0 saturated heterocycles. The summed E-state index contributed by atoms with van der Waals surface area (Å²) in [6.07, 6.45) is 10.9. The van der Waals surface area contributed by atoms with E-state index in [0.717, 1.165) is 95.9 Å². The van der Waals surface area contributed by atoms with Gasteiger partial charge in [-0.25, -0.2) is 4.57 Å². The third-order valence-corrected chi connectivity index (χ3v) is 18.2. The Morgan fingerprint density at radius 3 is 1.67 bits per heavy atom. The van der Waals surface area contributed by atoms with Gasteiger partial charge in [0.25, 0.3) is 0 Å². The van der Waals surface area contributed by atoms with Crippen molar-refractivity contribution in [2.45, 2.75) is 140 Å². The van der Waals surface area contributed by atoms with Crippen molar-refractivity contribution >= 4 is 13.4 Å². The average molecular weight is 981 g/mol. The molecule has 2 unspecified atom stereocenters. The highest BCUT2D eigenvalue weighted by atomic mass is 31.2. The summed E-state index contributed by atoms with van der Waals surface area (Å²) in [6.45, 7) is 24.2. The maximum absolute atomic E-state index is 16.5. The van der Waals surface area contributed by atoms with Gasteiger partial charge in [0, 0.05) is 22.6 Å². The first-order chi connectivity index (χ1) is 35.0. The van der Waals surface area contributed by atoms with Gasteiger partial charge in [-0.05, 0) is 293 Å². The standard InChI is InChI=1S/C68H69O4P/c1-37-22-41(5)61(42(6)23-37)51-21-20-50(58(36-51)63-45(9)26-39(3)27-46(63)10)31-55-30-48-16-12-14-18-56(48)65-66-57-19-15-13-17-49(57)35-59-52-32-53(62-43(7)24-38(2)25-44(62)8)34-54(33-52)64-47(11)28-40(4)29-60(64)70-73(69,71-67(55)65)72-68(59)66/h20-30,32-36,55,67H,12-19,31H2,1-11H3/t55-,67?,73?/m0/s1. The van der Waals surface area contributed by atoms with E-state index in [1.54, 1.807) is 0 Å². The minimum atomic E-state index is -4.43. The van der Waals surface area contributed by atoms with Crippen molar-refractivity contribution in [1.29, 1.82) is 0 Å². The number of benzene rings is 7. The van der Waals surface area contributed by atoms with Gasteiger partial charge in [-0.3, -0.25) is 4.52 Å². The van der Waals surface area contributed by atoms with Crippen LogP contribution in [0.4, 0.5) is 0 Å². The molecule has 0 N–H and O–H groups in total. The fourth-order valence-electron chi connectivity index (χ4n) is 14.4. The van der Waals surface area contributed by atoms with Crippen LogP contribution in [0.25, 0.3) is 61.2 Å². The predicted molar refractivity (Wildman–Crippen MR) is 303 cm³/mol. The molecule has 1 fully saturated rings. The largest absolute Gasteiger partial charge is 0.588 e. The Morgan fingerprint density at radius 1 is 0.479 bits per heavy atom. The van der Waals surface area contributed by atoms with Gasteiger partial charge in [0.05, 0.1) is 0 Å². The van der Waals surface area contributed by atoms with E-state index in [9.17, 15) is 0 Å². The van der Waals surface area contributed by atoms with Crippen molar-refractivity contribution in [2.75, 3.05) is 0 Å². The van der Waals surface area contributed by atoms with Crippen molar-refractivity contribution in [3.05, 3.63) is 192 Å². The Kier molecular flexibility index (Phi) is 11.8. The molecule has 0 aromatic heterocycles. The van der Waals surface area contributed by atoms with Gasteiger partial charge in [0.2, 0.25) is 0 Å². The summed E-state index contributed by atoms with van der Waals surface area (Å²) in [5.74, 6) is 1.00. The number of phosphoric acid groups is 1. The van der Waals surface area contributed by atoms with Crippen LogP contribution < -0.4 is 9.05 Å². The number of rotatable bonds is 5. The third kappa shape index (κ3) is 8.29. The third-order valence-electron chi connectivity index (χ3n) is 16.9. The summed E-state index contributed by atoms with van der Waals surface area (Å²) < 4.78 is 38.3. The van der Waals surface area contributed by atoms with Crippen LogP contribution in [-0.4, -0.2) is 6.10 Å². The second-order valence-electron chi connectivity index (χ2n) is 22.7. The monoisotopic (exact) mass is 980 g/mol. The topological polar surface area (TPSA) is 44.8 Å². The maximum atomic E-state index is 16.5. The average Bonchev–Trinajstić information content (AvgIpc) is 3.45. The Balaban J connectivity index is 1.11. The van der Waals surface area contributed by atoms with E-state index in [4.69, 9.17) is 13.6 Å². The molecule has 2 heterocycles. The lowest BCUT2D eigenvalue weighted by Gasteiger charge is -2.37. The van der Waals surface area contributed by atoms with Gasteiger partial charge < -0.3 is 9.05 Å². The highest BCUT2D eigenvalue weighted by Gasteiger charge is 2.49. The van der Waals surface area contributed by atoms with Crippen LogP contribution in [0.5, 0.6) is 11.5 Å². The molecule has 0 amide bonds. The van der Waals surface area contributed by atoms with Gasteiger partial charge in [-0.15, -0.1) is 0 Å². The summed E-state index contributed by atoms with van der Waals surface area (Å²) in [5.41, 5.74) is 33.8. The summed E-state index contributed by atoms with van der Waals surface area (Å²) in [6, 6.07) is 34.6. The Morgan fingerprint density at radius 2 is 1.01 bits per heavy atom. The highest BCUT2D eigenvalue weighted by molar-refractivity contribution is 7.49. The summed E-state index contributed by atoms with van der Waals surface area (Å²) in [4.78, 5) is 0. The fourth-order valence-corrected chi connectivity index (χ4v) is 15.8. The molecular formula is C68H69O4P. The molecule has 370 valence electrons. The molecule has 73 heavy (non-hydrogen) atoms. The van der Waals surface area contributed by atoms with Crippen LogP contribution in [0.2, 0.25) is 0 Å². The number of phosphoric ester groups is 1. The van der Waals surface area contributed by atoms with E-state index in [1.165, 1.54) is 111 Å². The smallest absolute Gasteiger partial charge is 0.394 e. The predicted octanol–water partition coefficient (Wildman–Crippen LogP) is 18.7. The Labute approximate surface area is 434 Å². The van der Waals surface area contributed by atoms with Gasteiger partial charge in [-0.1, -0.05) is 77.4 Å². The summed E-state index contributed by atoms with van der Waals surface area (Å²) in [7, 11) is -4.43. The lowest BCUT2D eigenvalue weighted by atomic mass is 9.70. The summed E-state index contributed by atoms with van der Waals surface area (Å²) >= 11 is 0. The first-order valence-corrected chi connectivity index (χ1v) is 28.4. The second kappa shape index (κ2) is 18.0. The van der Waals surface area contributed by atoms with Crippen molar-refractivity contribution in [1.82, 2.24) is 0 Å². The number of allylic oxidation sites excluding steroid dienone is 2. The van der Waals surface area contributed by atoms with Gasteiger partial charge in [0.15, 0.2) is 0 Å². The molecule has 4 bridgehead atoms. The Hall–Kier alpha value is -6.19. The molecule has 0 radical (unpaired) electrons.